The number of piperidine rings is 2. The van der Waals surface area contributed by atoms with E-state index >= 15 is 0 Å². The van der Waals surface area contributed by atoms with Gasteiger partial charge in [-0.2, -0.15) is 0 Å². The Morgan fingerprint density at radius 2 is 1.59 bits per heavy atom. The van der Waals surface area contributed by atoms with E-state index in [-0.39, 0.29) is 29.0 Å². The summed E-state index contributed by atoms with van der Waals surface area (Å²) in [6.45, 7) is 6.15. The summed E-state index contributed by atoms with van der Waals surface area (Å²) in [5, 5.41) is 3.02. The molecule has 5 rings (SSSR count). The zero-order valence-corrected chi connectivity index (χ0v) is 20.3. The Bertz CT molecular complexity index is 1060. The highest BCUT2D eigenvalue weighted by Gasteiger charge is 2.50. The van der Waals surface area contributed by atoms with Crippen molar-refractivity contribution in [3.8, 4) is 0 Å². The highest BCUT2D eigenvalue weighted by molar-refractivity contribution is 5.89. The first-order chi connectivity index (χ1) is 16.3. The van der Waals surface area contributed by atoms with Crippen molar-refractivity contribution in [1.82, 2.24) is 10.2 Å². The number of halogens is 1. The SMILES string of the molecule is Cc1cc(C)cc(C2(C(=O)N3CCC4(CC3)CC(=O)NCC4c3ccc(F)cc3)CCCC2)c1. The molecule has 34 heavy (non-hydrogen) atoms. The average Bonchev–Trinajstić information content (AvgIpc) is 3.31. The van der Waals surface area contributed by atoms with Crippen LogP contribution in [0.1, 0.15) is 73.1 Å². The summed E-state index contributed by atoms with van der Waals surface area (Å²) in [4.78, 5) is 28.6. The Kier molecular flexibility index (Phi) is 5.99. The lowest BCUT2D eigenvalue weighted by molar-refractivity contribution is -0.141. The molecule has 2 aromatic rings. The van der Waals surface area contributed by atoms with Crippen molar-refractivity contribution in [2.75, 3.05) is 19.6 Å². The van der Waals surface area contributed by atoms with Gasteiger partial charge in [-0.05, 0) is 68.2 Å². The number of rotatable bonds is 3. The predicted octanol–water partition coefficient (Wildman–Crippen LogP) is 5.17. The van der Waals surface area contributed by atoms with Gasteiger partial charge >= 0.3 is 0 Å². The minimum atomic E-state index is -0.415. The van der Waals surface area contributed by atoms with Crippen LogP contribution >= 0.6 is 0 Å². The van der Waals surface area contributed by atoms with E-state index in [4.69, 9.17) is 0 Å². The highest BCUT2D eigenvalue weighted by atomic mass is 19.1. The number of amides is 2. The lowest BCUT2D eigenvalue weighted by Gasteiger charge is -2.50. The smallest absolute Gasteiger partial charge is 0.233 e. The number of hydrogen-bond donors (Lipinski definition) is 1. The molecule has 1 atom stereocenters. The average molecular weight is 463 g/mol. The normalized spacial score (nSPS) is 23.7. The predicted molar refractivity (Wildman–Crippen MR) is 131 cm³/mol. The minimum Gasteiger partial charge on any atom is -0.355 e. The van der Waals surface area contributed by atoms with Crippen LogP contribution in [0.2, 0.25) is 0 Å². The molecule has 1 saturated carbocycles. The maximum atomic E-state index is 14.1. The molecule has 3 aliphatic rings. The van der Waals surface area contributed by atoms with Crippen molar-refractivity contribution in [1.29, 1.82) is 0 Å². The summed E-state index contributed by atoms with van der Waals surface area (Å²) >= 11 is 0. The van der Waals surface area contributed by atoms with Crippen LogP contribution in [0.3, 0.4) is 0 Å². The first-order valence-corrected chi connectivity index (χ1v) is 12.7. The summed E-state index contributed by atoms with van der Waals surface area (Å²) in [6.07, 6.45) is 6.08. The Morgan fingerprint density at radius 3 is 2.21 bits per heavy atom. The zero-order valence-electron chi connectivity index (χ0n) is 20.3. The van der Waals surface area contributed by atoms with Crippen LogP contribution in [0.4, 0.5) is 4.39 Å². The first kappa shape index (κ1) is 23.1. The summed E-state index contributed by atoms with van der Waals surface area (Å²) < 4.78 is 13.5. The molecule has 2 aromatic carbocycles. The van der Waals surface area contributed by atoms with Crippen LogP contribution in [0, 0.1) is 25.1 Å². The number of nitrogens with one attached hydrogen (secondary N) is 1. The minimum absolute atomic E-state index is 0.0839. The van der Waals surface area contributed by atoms with Gasteiger partial charge in [0, 0.05) is 32.0 Å². The van der Waals surface area contributed by atoms with Gasteiger partial charge in [-0.1, -0.05) is 54.3 Å². The molecule has 0 radical (unpaired) electrons. The van der Waals surface area contributed by atoms with E-state index in [1.54, 1.807) is 0 Å². The van der Waals surface area contributed by atoms with Gasteiger partial charge in [-0.3, -0.25) is 9.59 Å². The number of aryl methyl sites for hydroxylation is 2. The summed E-state index contributed by atoms with van der Waals surface area (Å²) in [5.41, 5.74) is 4.07. The molecule has 3 fully saturated rings. The van der Waals surface area contributed by atoms with Crippen molar-refractivity contribution in [3.63, 3.8) is 0 Å². The molecule has 2 heterocycles. The Hall–Kier alpha value is -2.69. The van der Waals surface area contributed by atoms with Crippen LogP contribution in [-0.4, -0.2) is 36.3 Å². The number of carbonyl (C=O) groups is 2. The zero-order chi connectivity index (χ0) is 23.9. The van der Waals surface area contributed by atoms with Gasteiger partial charge in [0.15, 0.2) is 0 Å². The maximum Gasteiger partial charge on any atom is 0.233 e. The molecule has 2 saturated heterocycles. The lowest BCUT2D eigenvalue weighted by Crippen LogP contribution is -2.55. The van der Waals surface area contributed by atoms with E-state index in [0.29, 0.717) is 26.1 Å². The van der Waals surface area contributed by atoms with Gasteiger partial charge in [0.2, 0.25) is 11.8 Å². The van der Waals surface area contributed by atoms with E-state index in [1.165, 1.54) is 28.8 Å². The number of likely N-dealkylation sites (tertiary alicyclic amines) is 1. The number of carbonyl (C=O) groups excluding carboxylic acids is 2. The first-order valence-electron chi connectivity index (χ1n) is 12.7. The topological polar surface area (TPSA) is 49.4 Å². The molecule has 1 N–H and O–H groups in total. The second-order valence-electron chi connectivity index (χ2n) is 10.9. The standard InChI is InChI=1S/C29H35FN2O2/c1-20-15-21(2)17-23(16-20)29(9-3-4-10-29)27(34)32-13-11-28(12-14-32)18-26(33)31-19-25(28)22-5-7-24(30)8-6-22/h5-8,15-17,25H,3-4,9-14,18-19H2,1-2H3,(H,31,33). The van der Waals surface area contributed by atoms with Crippen molar-refractivity contribution >= 4 is 11.8 Å². The molecule has 1 spiro atoms. The fourth-order valence-corrected chi connectivity index (χ4v) is 6.94. The molecule has 2 aliphatic heterocycles. The third kappa shape index (κ3) is 4.03. The highest BCUT2D eigenvalue weighted by Crippen LogP contribution is 2.50. The molecular formula is C29H35FN2O2. The van der Waals surface area contributed by atoms with Crippen LogP contribution < -0.4 is 5.32 Å². The van der Waals surface area contributed by atoms with Gasteiger partial charge in [0.05, 0.1) is 5.41 Å². The Morgan fingerprint density at radius 1 is 0.971 bits per heavy atom. The van der Waals surface area contributed by atoms with Crippen LogP contribution in [0.15, 0.2) is 42.5 Å². The van der Waals surface area contributed by atoms with Gasteiger partial charge in [0.1, 0.15) is 5.82 Å². The van der Waals surface area contributed by atoms with Crippen LogP contribution in [0.5, 0.6) is 0 Å². The summed E-state index contributed by atoms with van der Waals surface area (Å²) in [7, 11) is 0. The molecule has 180 valence electrons. The summed E-state index contributed by atoms with van der Waals surface area (Å²) in [5.74, 6) is 0.248. The maximum absolute atomic E-state index is 14.1. The molecule has 1 unspecified atom stereocenters. The molecule has 0 aromatic heterocycles. The Labute approximate surface area is 201 Å². The van der Waals surface area contributed by atoms with Crippen LogP contribution in [-0.2, 0) is 15.0 Å². The quantitative estimate of drug-likeness (QED) is 0.684. The fraction of sp³-hybridized carbons (Fsp3) is 0.517. The molecule has 0 bridgehead atoms. The van der Waals surface area contributed by atoms with Crippen LogP contribution in [0.25, 0.3) is 0 Å². The van der Waals surface area contributed by atoms with E-state index in [9.17, 15) is 14.0 Å². The number of benzene rings is 2. The van der Waals surface area contributed by atoms with Gasteiger partial charge in [-0.15, -0.1) is 0 Å². The van der Waals surface area contributed by atoms with E-state index < -0.39 is 5.41 Å². The molecular weight excluding hydrogens is 427 g/mol. The summed E-state index contributed by atoms with van der Waals surface area (Å²) in [6, 6.07) is 13.3. The van der Waals surface area contributed by atoms with Gasteiger partial charge in [0.25, 0.3) is 0 Å². The second kappa shape index (κ2) is 8.83. The molecule has 4 nitrogen and oxygen atoms in total. The van der Waals surface area contributed by atoms with E-state index in [2.05, 4.69) is 42.3 Å². The molecule has 5 heteroatoms. The lowest BCUT2D eigenvalue weighted by atomic mass is 9.62. The van der Waals surface area contributed by atoms with Crippen molar-refractivity contribution in [3.05, 3.63) is 70.5 Å². The third-order valence-corrected chi connectivity index (χ3v) is 8.71. The molecule has 2 amide bonds. The van der Waals surface area contributed by atoms with Crippen molar-refractivity contribution < 1.29 is 14.0 Å². The van der Waals surface area contributed by atoms with E-state index in [1.807, 2.05) is 12.1 Å². The number of nitrogens with zero attached hydrogens (tertiary/aromatic N) is 1. The number of hydrogen-bond acceptors (Lipinski definition) is 2. The van der Waals surface area contributed by atoms with E-state index in [0.717, 1.165) is 44.1 Å². The molecule has 1 aliphatic carbocycles. The largest absolute Gasteiger partial charge is 0.355 e. The second-order valence-corrected chi connectivity index (χ2v) is 10.9. The van der Waals surface area contributed by atoms with Crippen molar-refractivity contribution in [2.45, 2.75) is 70.1 Å². The fourth-order valence-electron chi connectivity index (χ4n) is 6.94. The van der Waals surface area contributed by atoms with Crippen molar-refractivity contribution in [2.24, 2.45) is 5.41 Å². The van der Waals surface area contributed by atoms with Gasteiger partial charge < -0.3 is 10.2 Å². The third-order valence-electron chi connectivity index (χ3n) is 8.71. The monoisotopic (exact) mass is 462 g/mol. The Balaban J connectivity index is 1.39. The van der Waals surface area contributed by atoms with Gasteiger partial charge in [-0.25, -0.2) is 4.39 Å².